The van der Waals surface area contributed by atoms with Gasteiger partial charge in [-0.15, -0.1) is 0 Å². The number of aromatic amines is 1. The molecular weight excluding hydrogens is 394 g/mol. The monoisotopic (exact) mass is 419 g/mol. The van der Waals surface area contributed by atoms with Crippen LogP contribution >= 0.6 is 0 Å². The van der Waals surface area contributed by atoms with Crippen LogP contribution in [0.5, 0.6) is 0 Å². The zero-order valence-corrected chi connectivity index (χ0v) is 18.5. The summed E-state index contributed by atoms with van der Waals surface area (Å²) in [5.74, 6) is 0. The van der Waals surface area contributed by atoms with Gasteiger partial charge >= 0.3 is 0 Å². The van der Waals surface area contributed by atoms with Crippen molar-refractivity contribution >= 4 is 16.7 Å². The molecule has 0 aliphatic rings. The first-order chi connectivity index (χ1) is 15.6. The van der Waals surface area contributed by atoms with Gasteiger partial charge in [0.1, 0.15) is 5.65 Å². The number of rotatable bonds is 5. The summed E-state index contributed by atoms with van der Waals surface area (Å²) in [6.07, 6.45) is 5.76. The topological polar surface area (TPSA) is 66.5 Å². The van der Waals surface area contributed by atoms with Crippen molar-refractivity contribution in [1.82, 2.24) is 19.9 Å². The average Bonchev–Trinajstić information content (AvgIpc) is 3.29. The smallest absolute Gasteiger partial charge is 0.138 e. The first-order valence-corrected chi connectivity index (χ1v) is 10.8. The van der Waals surface area contributed by atoms with Crippen molar-refractivity contribution in [1.29, 1.82) is 0 Å². The minimum Gasteiger partial charge on any atom is -0.385 e. The molecular formula is C27H25N5. The lowest BCUT2D eigenvalue weighted by atomic mass is 9.98. The number of fused-ring (bicyclic) bond motifs is 1. The molecule has 5 aromatic rings. The highest BCUT2D eigenvalue weighted by atomic mass is 14.9. The summed E-state index contributed by atoms with van der Waals surface area (Å²) in [6.45, 7) is 7.14. The summed E-state index contributed by atoms with van der Waals surface area (Å²) >= 11 is 0. The van der Waals surface area contributed by atoms with Gasteiger partial charge in [-0.3, -0.25) is 9.97 Å². The molecule has 158 valence electrons. The van der Waals surface area contributed by atoms with Gasteiger partial charge in [-0.1, -0.05) is 12.1 Å². The Bertz CT molecular complexity index is 1420. The summed E-state index contributed by atoms with van der Waals surface area (Å²) in [7, 11) is 0. The van der Waals surface area contributed by atoms with Crippen molar-refractivity contribution in [3.05, 3.63) is 84.4 Å². The number of aromatic nitrogens is 4. The normalized spacial score (nSPS) is 11.1. The van der Waals surface area contributed by atoms with E-state index in [1.165, 1.54) is 11.3 Å². The quantitative estimate of drug-likeness (QED) is 0.346. The van der Waals surface area contributed by atoms with Crippen LogP contribution in [0.4, 0.5) is 5.69 Å². The maximum Gasteiger partial charge on any atom is 0.138 e. The molecule has 0 aliphatic carbocycles. The van der Waals surface area contributed by atoms with Gasteiger partial charge in [0, 0.05) is 53.0 Å². The van der Waals surface area contributed by atoms with E-state index in [9.17, 15) is 0 Å². The molecule has 5 rings (SSSR count). The fourth-order valence-electron chi connectivity index (χ4n) is 4.07. The Hall–Kier alpha value is -3.99. The van der Waals surface area contributed by atoms with Crippen molar-refractivity contribution in [3.8, 4) is 33.6 Å². The first kappa shape index (κ1) is 19.9. The summed E-state index contributed by atoms with van der Waals surface area (Å²) in [6, 6.07) is 18.9. The Labute approximate surface area is 187 Å². The molecule has 0 aliphatic heterocycles. The fourth-order valence-corrected chi connectivity index (χ4v) is 4.07. The molecule has 5 nitrogen and oxygen atoms in total. The van der Waals surface area contributed by atoms with Crippen molar-refractivity contribution in [2.45, 2.75) is 20.8 Å². The molecule has 0 unspecified atom stereocenters. The van der Waals surface area contributed by atoms with Crippen LogP contribution < -0.4 is 5.32 Å². The number of anilines is 1. The predicted molar refractivity (Wildman–Crippen MR) is 132 cm³/mol. The Morgan fingerprint density at radius 2 is 1.72 bits per heavy atom. The highest BCUT2D eigenvalue weighted by Crippen LogP contribution is 2.33. The van der Waals surface area contributed by atoms with Gasteiger partial charge in [0.05, 0.1) is 11.4 Å². The molecule has 0 atom stereocenters. The van der Waals surface area contributed by atoms with E-state index in [2.05, 4.69) is 70.5 Å². The standard InChI is InChI=1S/C27H25N5/c1-4-29-24-9-8-19(12-17(24)2)20-13-21(16-28-15-20)23-14-26(25-7-5-6-18(3)31-25)32-27-22(23)10-11-30-27/h5-16,29H,4H2,1-3H3,(H,30,32). The highest BCUT2D eigenvalue weighted by molar-refractivity contribution is 5.95. The van der Waals surface area contributed by atoms with Gasteiger partial charge in [-0.05, 0) is 79.9 Å². The summed E-state index contributed by atoms with van der Waals surface area (Å²) in [5.41, 5.74) is 10.3. The Balaban J connectivity index is 1.62. The maximum atomic E-state index is 4.81. The van der Waals surface area contributed by atoms with Crippen LogP contribution in [0, 0.1) is 13.8 Å². The van der Waals surface area contributed by atoms with Crippen molar-refractivity contribution < 1.29 is 0 Å². The Morgan fingerprint density at radius 3 is 2.53 bits per heavy atom. The number of pyridine rings is 3. The summed E-state index contributed by atoms with van der Waals surface area (Å²) in [4.78, 5) is 17.3. The second-order valence-corrected chi connectivity index (χ2v) is 7.98. The second-order valence-electron chi connectivity index (χ2n) is 7.98. The molecule has 0 spiro atoms. The number of benzene rings is 1. The average molecular weight is 420 g/mol. The number of hydrogen-bond acceptors (Lipinski definition) is 4. The van der Waals surface area contributed by atoms with E-state index in [0.717, 1.165) is 56.9 Å². The van der Waals surface area contributed by atoms with E-state index in [-0.39, 0.29) is 0 Å². The SMILES string of the molecule is CCNc1ccc(-c2cncc(-c3cc(-c4cccc(C)n4)nc4[nH]ccc34)c2)cc1C. The fraction of sp³-hybridized carbons (Fsp3) is 0.148. The zero-order chi connectivity index (χ0) is 22.1. The number of nitrogens with one attached hydrogen (secondary N) is 2. The van der Waals surface area contributed by atoms with Gasteiger partial charge in [0.15, 0.2) is 0 Å². The van der Waals surface area contributed by atoms with Crippen LogP contribution in [0.2, 0.25) is 0 Å². The third kappa shape index (κ3) is 3.73. The van der Waals surface area contributed by atoms with Crippen molar-refractivity contribution in [2.24, 2.45) is 0 Å². The number of aryl methyl sites for hydroxylation is 2. The van der Waals surface area contributed by atoms with Crippen LogP contribution in [0.1, 0.15) is 18.2 Å². The van der Waals surface area contributed by atoms with Gasteiger partial charge < -0.3 is 10.3 Å². The largest absolute Gasteiger partial charge is 0.385 e. The molecule has 0 saturated carbocycles. The first-order valence-electron chi connectivity index (χ1n) is 10.8. The zero-order valence-electron chi connectivity index (χ0n) is 18.5. The third-order valence-corrected chi connectivity index (χ3v) is 5.66. The van der Waals surface area contributed by atoms with Crippen LogP contribution in [0.3, 0.4) is 0 Å². The van der Waals surface area contributed by atoms with Crippen LogP contribution in [0.15, 0.2) is 73.2 Å². The maximum absolute atomic E-state index is 4.81. The van der Waals surface area contributed by atoms with Crippen LogP contribution in [0.25, 0.3) is 44.7 Å². The molecule has 0 radical (unpaired) electrons. The van der Waals surface area contributed by atoms with Crippen molar-refractivity contribution in [3.63, 3.8) is 0 Å². The van der Waals surface area contributed by atoms with E-state index in [0.29, 0.717) is 0 Å². The van der Waals surface area contributed by atoms with Crippen LogP contribution in [-0.4, -0.2) is 26.5 Å². The molecule has 0 fully saturated rings. The lowest BCUT2D eigenvalue weighted by molar-refractivity contribution is 1.18. The van der Waals surface area contributed by atoms with Gasteiger partial charge in [0.2, 0.25) is 0 Å². The lowest BCUT2D eigenvalue weighted by Gasteiger charge is -2.11. The Morgan fingerprint density at radius 1 is 0.844 bits per heavy atom. The molecule has 5 heteroatoms. The molecule has 4 heterocycles. The van der Waals surface area contributed by atoms with Gasteiger partial charge in [-0.2, -0.15) is 0 Å². The minimum absolute atomic E-state index is 0.842. The third-order valence-electron chi connectivity index (χ3n) is 5.66. The molecule has 0 amide bonds. The molecule has 1 aromatic carbocycles. The van der Waals surface area contributed by atoms with Crippen LogP contribution in [-0.2, 0) is 0 Å². The molecule has 2 N–H and O–H groups in total. The van der Waals surface area contributed by atoms with E-state index in [4.69, 9.17) is 4.98 Å². The van der Waals surface area contributed by atoms with Gasteiger partial charge in [-0.25, -0.2) is 4.98 Å². The predicted octanol–water partition coefficient (Wildman–Crippen LogP) is 6.40. The highest BCUT2D eigenvalue weighted by Gasteiger charge is 2.13. The molecule has 4 aromatic heterocycles. The molecule has 32 heavy (non-hydrogen) atoms. The van der Waals surface area contributed by atoms with Gasteiger partial charge in [0.25, 0.3) is 0 Å². The van der Waals surface area contributed by atoms with E-state index in [1.54, 1.807) is 0 Å². The minimum atomic E-state index is 0.842. The number of hydrogen-bond donors (Lipinski definition) is 2. The number of H-pyrrole nitrogens is 1. The molecule has 0 bridgehead atoms. The summed E-state index contributed by atoms with van der Waals surface area (Å²) < 4.78 is 0. The van der Waals surface area contributed by atoms with E-state index in [1.807, 2.05) is 43.7 Å². The Kier molecular flexibility index (Phi) is 5.15. The lowest BCUT2D eigenvalue weighted by Crippen LogP contribution is -1.98. The second kappa shape index (κ2) is 8.27. The summed E-state index contributed by atoms with van der Waals surface area (Å²) in [5, 5.41) is 4.47. The van der Waals surface area contributed by atoms with Crippen molar-refractivity contribution in [2.75, 3.05) is 11.9 Å². The molecule has 0 saturated heterocycles. The van der Waals surface area contributed by atoms with E-state index >= 15 is 0 Å². The number of nitrogens with zero attached hydrogens (tertiary/aromatic N) is 3. The van der Waals surface area contributed by atoms with E-state index < -0.39 is 0 Å².